The zero-order chi connectivity index (χ0) is 10.3. The molecule has 0 aromatic heterocycles. The minimum atomic E-state index is 0.872. The molecule has 0 fully saturated rings. The van der Waals surface area contributed by atoms with Gasteiger partial charge >= 0.3 is 0 Å². The van der Waals surface area contributed by atoms with Crippen LogP contribution in [0.25, 0.3) is 0 Å². The summed E-state index contributed by atoms with van der Waals surface area (Å²) in [6.45, 7) is 2.46. The normalized spacial score (nSPS) is 31.4. The Morgan fingerprint density at radius 1 is 0.800 bits per heavy atom. The predicted octanol–water partition coefficient (Wildman–Crippen LogP) is 4.77. The Hall–Kier alpha value is -0.520. The highest BCUT2D eigenvalue weighted by atomic mass is 14.3. The van der Waals surface area contributed by atoms with Crippen LogP contribution < -0.4 is 0 Å². The van der Waals surface area contributed by atoms with Gasteiger partial charge in [0.2, 0.25) is 0 Å². The van der Waals surface area contributed by atoms with Crippen molar-refractivity contribution in [1.29, 1.82) is 0 Å². The molecule has 1 atom stereocenters. The summed E-state index contributed by atoms with van der Waals surface area (Å²) in [6.07, 6.45) is 12.8. The molecule has 3 aliphatic rings. The van der Waals surface area contributed by atoms with Gasteiger partial charge in [0, 0.05) is 0 Å². The Balaban J connectivity index is 2.02. The molecular formula is C15H22. The van der Waals surface area contributed by atoms with Crippen molar-refractivity contribution in [3.63, 3.8) is 0 Å². The van der Waals surface area contributed by atoms with Crippen molar-refractivity contribution in [3.05, 3.63) is 22.3 Å². The number of hydrogen-bond acceptors (Lipinski definition) is 0. The van der Waals surface area contributed by atoms with E-state index in [4.69, 9.17) is 0 Å². The minimum Gasteiger partial charge on any atom is -0.0662 e. The van der Waals surface area contributed by atoms with Crippen molar-refractivity contribution in [3.8, 4) is 0 Å². The van der Waals surface area contributed by atoms with Gasteiger partial charge in [0.1, 0.15) is 0 Å². The molecule has 82 valence electrons. The number of hydrogen-bond donors (Lipinski definition) is 0. The van der Waals surface area contributed by atoms with Gasteiger partial charge in [0.15, 0.2) is 0 Å². The molecular weight excluding hydrogens is 180 g/mol. The van der Waals surface area contributed by atoms with Crippen LogP contribution in [0.3, 0.4) is 0 Å². The first-order valence-electron chi connectivity index (χ1n) is 6.79. The fraction of sp³-hybridized carbons (Fsp3) is 0.733. The summed E-state index contributed by atoms with van der Waals surface area (Å²) in [4.78, 5) is 0. The lowest BCUT2D eigenvalue weighted by Gasteiger charge is -2.36. The summed E-state index contributed by atoms with van der Waals surface area (Å²) < 4.78 is 0. The van der Waals surface area contributed by atoms with Crippen LogP contribution in [0.5, 0.6) is 0 Å². The lowest BCUT2D eigenvalue weighted by molar-refractivity contribution is 0.512. The topological polar surface area (TPSA) is 0 Å². The monoisotopic (exact) mass is 202 g/mol. The van der Waals surface area contributed by atoms with E-state index in [2.05, 4.69) is 6.92 Å². The van der Waals surface area contributed by atoms with Crippen molar-refractivity contribution >= 4 is 0 Å². The van der Waals surface area contributed by atoms with Crippen LogP contribution in [0.4, 0.5) is 0 Å². The van der Waals surface area contributed by atoms with E-state index in [9.17, 15) is 0 Å². The Morgan fingerprint density at radius 3 is 2.33 bits per heavy atom. The maximum atomic E-state index is 2.46. The molecule has 15 heavy (non-hydrogen) atoms. The van der Waals surface area contributed by atoms with Gasteiger partial charge < -0.3 is 0 Å². The molecule has 0 saturated heterocycles. The van der Waals surface area contributed by atoms with Crippen LogP contribution in [0, 0.1) is 5.92 Å². The zero-order valence-corrected chi connectivity index (χ0v) is 9.94. The summed E-state index contributed by atoms with van der Waals surface area (Å²) in [6, 6.07) is 0. The molecule has 1 unspecified atom stereocenters. The Morgan fingerprint density at radius 2 is 1.47 bits per heavy atom. The van der Waals surface area contributed by atoms with E-state index in [1.807, 2.05) is 22.3 Å². The van der Waals surface area contributed by atoms with Gasteiger partial charge in [0.25, 0.3) is 0 Å². The summed E-state index contributed by atoms with van der Waals surface area (Å²) in [7, 11) is 0. The van der Waals surface area contributed by atoms with E-state index >= 15 is 0 Å². The van der Waals surface area contributed by atoms with Crippen molar-refractivity contribution in [2.75, 3.05) is 0 Å². The number of rotatable bonds is 0. The average Bonchev–Trinajstić information content (AvgIpc) is 2.30. The molecule has 3 rings (SSSR count). The maximum Gasteiger partial charge on any atom is -0.0188 e. The first-order valence-corrected chi connectivity index (χ1v) is 6.79. The van der Waals surface area contributed by atoms with Crippen LogP contribution in [0.2, 0.25) is 0 Å². The second-order valence-corrected chi connectivity index (χ2v) is 5.61. The van der Waals surface area contributed by atoms with Gasteiger partial charge in [-0.3, -0.25) is 0 Å². The van der Waals surface area contributed by atoms with Crippen LogP contribution in [0.15, 0.2) is 22.3 Å². The first-order chi connectivity index (χ1) is 7.36. The third-order valence-electron chi connectivity index (χ3n) is 4.60. The molecule has 0 saturated carbocycles. The fourth-order valence-electron chi connectivity index (χ4n) is 3.87. The van der Waals surface area contributed by atoms with Gasteiger partial charge in [-0.05, 0) is 74.9 Å². The van der Waals surface area contributed by atoms with Gasteiger partial charge in [-0.15, -0.1) is 0 Å². The Bertz CT molecular complexity index is 330. The van der Waals surface area contributed by atoms with Crippen LogP contribution in [-0.4, -0.2) is 0 Å². The highest BCUT2D eigenvalue weighted by molar-refractivity contribution is 5.45. The fourth-order valence-corrected chi connectivity index (χ4v) is 3.87. The molecule has 0 nitrogen and oxygen atoms in total. The standard InChI is InChI=1S/C15H22/c1-11-10-12-6-2-3-8-14(12)15-9-5-4-7-13(11)15/h11H,2-10H2,1H3. The highest BCUT2D eigenvalue weighted by Crippen LogP contribution is 2.46. The number of allylic oxidation sites excluding steroid dienone is 4. The van der Waals surface area contributed by atoms with E-state index < -0.39 is 0 Å². The zero-order valence-electron chi connectivity index (χ0n) is 9.94. The van der Waals surface area contributed by atoms with Gasteiger partial charge in [-0.25, -0.2) is 0 Å². The van der Waals surface area contributed by atoms with E-state index in [0.29, 0.717) is 0 Å². The van der Waals surface area contributed by atoms with Crippen molar-refractivity contribution in [1.82, 2.24) is 0 Å². The van der Waals surface area contributed by atoms with E-state index in [0.717, 1.165) is 5.92 Å². The molecule has 0 heterocycles. The summed E-state index contributed by atoms with van der Waals surface area (Å²) in [5.74, 6) is 0.872. The first kappa shape index (κ1) is 9.69. The quantitative estimate of drug-likeness (QED) is 0.531. The van der Waals surface area contributed by atoms with E-state index in [1.165, 1.54) is 57.8 Å². The Labute approximate surface area is 93.5 Å². The molecule has 0 bridgehead atoms. The second-order valence-electron chi connectivity index (χ2n) is 5.61. The van der Waals surface area contributed by atoms with Gasteiger partial charge in [-0.1, -0.05) is 18.1 Å². The van der Waals surface area contributed by atoms with Crippen molar-refractivity contribution in [2.45, 2.75) is 64.7 Å². The maximum absolute atomic E-state index is 2.46. The SMILES string of the molecule is CC1CC2=C(CCCC2)C2=C1CCCC2. The van der Waals surface area contributed by atoms with Gasteiger partial charge in [-0.2, -0.15) is 0 Å². The molecule has 0 N–H and O–H groups in total. The van der Waals surface area contributed by atoms with Crippen LogP contribution in [-0.2, 0) is 0 Å². The molecule has 0 amide bonds. The smallest absolute Gasteiger partial charge is 0.0188 e. The highest BCUT2D eigenvalue weighted by Gasteiger charge is 2.28. The molecule has 0 spiro atoms. The molecule has 0 heteroatoms. The predicted molar refractivity (Wildman–Crippen MR) is 64.8 cm³/mol. The largest absolute Gasteiger partial charge is 0.0662 e. The lowest BCUT2D eigenvalue weighted by Crippen LogP contribution is -2.18. The second kappa shape index (κ2) is 3.81. The lowest BCUT2D eigenvalue weighted by atomic mass is 9.70. The average molecular weight is 202 g/mol. The molecule has 0 aromatic carbocycles. The van der Waals surface area contributed by atoms with E-state index in [-0.39, 0.29) is 0 Å². The summed E-state index contributed by atoms with van der Waals surface area (Å²) >= 11 is 0. The summed E-state index contributed by atoms with van der Waals surface area (Å²) in [5.41, 5.74) is 7.35. The summed E-state index contributed by atoms with van der Waals surface area (Å²) in [5, 5.41) is 0. The third kappa shape index (κ3) is 1.58. The molecule has 0 aromatic rings. The Kier molecular flexibility index (Phi) is 2.46. The molecule has 3 aliphatic carbocycles. The number of fused-ring (bicyclic) bond motifs is 1. The van der Waals surface area contributed by atoms with Crippen molar-refractivity contribution < 1.29 is 0 Å². The van der Waals surface area contributed by atoms with Gasteiger partial charge in [0.05, 0.1) is 0 Å². The van der Waals surface area contributed by atoms with E-state index in [1.54, 1.807) is 0 Å². The third-order valence-corrected chi connectivity index (χ3v) is 4.60. The minimum absolute atomic E-state index is 0.872. The molecule has 0 aliphatic heterocycles. The van der Waals surface area contributed by atoms with Crippen molar-refractivity contribution in [2.24, 2.45) is 5.92 Å². The van der Waals surface area contributed by atoms with Crippen LogP contribution >= 0.6 is 0 Å². The molecule has 0 radical (unpaired) electrons. The van der Waals surface area contributed by atoms with Crippen LogP contribution in [0.1, 0.15) is 64.7 Å².